The van der Waals surface area contributed by atoms with Crippen LogP contribution >= 0.6 is 0 Å². The molecule has 2 N–H and O–H groups in total. The van der Waals surface area contributed by atoms with E-state index in [1.165, 1.54) is 6.33 Å². The number of halogens is 1. The lowest BCUT2D eigenvalue weighted by Gasteiger charge is -2.10. The van der Waals surface area contributed by atoms with Crippen LogP contribution in [0.2, 0.25) is 0 Å². The van der Waals surface area contributed by atoms with E-state index in [0.717, 1.165) is 0 Å². The van der Waals surface area contributed by atoms with E-state index in [4.69, 9.17) is 5.73 Å². The largest absolute Gasteiger partial charge is 0.328 e. The minimum atomic E-state index is -1.03. The molecule has 0 bridgehead atoms. The summed E-state index contributed by atoms with van der Waals surface area (Å²) in [6.45, 7) is 3.99. The summed E-state index contributed by atoms with van der Waals surface area (Å²) in [5.41, 5.74) is 5.18. The fourth-order valence-corrected chi connectivity index (χ4v) is 1.13. The maximum Gasteiger partial charge on any atom is 0.138 e. The molecule has 0 fully saturated rings. The van der Waals surface area contributed by atoms with Crippen LogP contribution < -0.4 is 5.73 Å². The minimum Gasteiger partial charge on any atom is -0.328 e. The molecule has 0 aliphatic carbocycles. The second-order valence-corrected chi connectivity index (χ2v) is 3.25. The number of aromatic nitrogens is 3. The van der Waals surface area contributed by atoms with Crippen molar-refractivity contribution in [3.63, 3.8) is 0 Å². The van der Waals surface area contributed by atoms with Crippen LogP contribution in [0.4, 0.5) is 4.39 Å². The van der Waals surface area contributed by atoms with E-state index >= 15 is 0 Å². The zero-order valence-corrected chi connectivity index (χ0v) is 7.94. The summed E-state index contributed by atoms with van der Waals surface area (Å²) < 4.78 is 14.6. The molecule has 0 saturated heterocycles. The third kappa shape index (κ3) is 2.48. The molecular weight excluding hydrogens is 171 g/mol. The first kappa shape index (κ1) is 10.1. The predicted molar refractivity (Wildman–Crippen MR) is 48.1 cm³/mol. The van der Waals surface area contributed by atoms with Crippen molar-refractivity contribution in [3.05, 3.63) is 12.2 Å². The average Bonchev–Trinajstić information content (AvgIpc) is 2.52. The highest BCUT2D eigenvalue weighted by Gasteiger charge is 2.12. The summed E-state index contributed by atoms with van der Waals surface area (Å²) in [5.74, 6) is 0.660. The Hall–Kier alpha value is -0.970. The molecule has 1 aromatic heterocycles. The number of nitrogens with zero attached hydrogens (tertiary/aromatic N) is 3. The van der Waals surface area contributed by atoms with Gasteiger partial charge in [-0.25, -0.2) is 14.1 Å². The Morgan fingerprint density at radius 2 is 2.31 bits per heavy atom. The van der Waals surface area contributed by atoms with E-state index in [-0.39, 0.29) is 19.0 Å². The third-order valence-electron chi connectivity index (χ3n) is 1.80. The van der Waals surface area contributed by atoms with Gasteiger partial charge in [0.15, 0.2) is 0 Å². The molecule has 5 heteroatoms. The molecule has 0 radical (unpaired) electrons. The Morgan fingerprint density at radius 1 is 1.62 bits per heavy atom. The van der Waals surface area contributed by atoms with E-state index in [2.05, 4.69) is 10.1 Å². The van der Waals surface area contributed by atoms with Crippen LogP contribution in [0.25, 0.3) is 0 Å². The van der Waals surface area contributed by atoms with Gasteiger partial charge in [0.2, 0.25) is 0 Å². The summed E-state index contributed by atoms with van der Waals surface area (Å²) in [6, 6.07) is 0.211. The van der Waals surface area contributed by atoms with E-state index in [0.29, 0.717) is 5.82 Å². The Labute approximate surface area is 77.0 Å². The summed E-state index contributed by atoms with van der Waals surface area (Å²) in [6.07, 6.45) is 0.662. The first-order chi connectivity index (χ1) is 6.15. The molecule has 4 nitrogen and oxygen atoms in total. The van der Waals surface area contributed by atoms with Crippen molar-refractivity contribution < 1.29 is 4.39 Å². The molecule has 1 atom stereocenters. The standard InChI is InChI=1S/C8H15FN4/c1-6(2)13-8(11-5-12-13)3-7(9)4-10/h5-7H,3-4,10H2,1-2H3. The van der Waals surface area contributed by atoms with Crippen molar-refractivity contribution in [2.45, 2.75) is 32.5 Å². The Balaban J connectivity index is 2.70. The maximum atomic E-state index is 12.9. The van der Waals surface area contributed by atoms with Gasteiger partial charge >= 0.3 is 0 Å². The van der Waals surface area contributed by atoms with Crippen LogP contribution in [-0.2, 0) is 6.42 Å². The highest BCUT2D eigenvalue weighted by molar-refractivity contribution is 4.89. The normalized spacial score (nSPS) is 13.6. The zero-order valence-electron chi connectivity index (χ0n) is 7.94. The minimum absolute atomic E-state index is 0.0327. The smallest absolute Gasteiger partial charge is 0.138 e. The molecule has 0 aliphatic rings. The molecule has 0 amide bonds. The molecule has 13 heavy (non-hydrogen) atoms. The van der Waals surface area contributed by atoms with E-state index in [1.54, 1.807) is 4.68 Å². The summed E-state index contributed by atoms with van der Waals surface area (Å²) in [4.78, 5) is 3.98. The van der Waals surface area contributed by atoms with Gasteiger partial charge in [-0.2, -0.15) is 5.10 Å². The second kappa shape index (κ2) is 4.32. The van der Waals surface area contributed by atoms with Crippen molar-refractivity contribution in [1.29, 1.82) is 0 Å². The number of hydrogen-bond acceptors (Lipinski definition) is 3. The molecule has 1 aromatic rings. The lowest BCUT2D eigenvalue weighted by molar-refractivity contribution is 0.326. The van der Waals surface area contributed by atoms with Gasteiger partial charge in [0.25, 0.3) is 0 Å². The van der Waals surface area contributed by atoms with Gasteiger partial charge in [0, 0.05) is 19.0 Å². The molecule has 0 saturated carbocycles. The first-order valence-corrected chi connectivity index (χ1v) is 4.37. The van der Waals surface area contributed by atoms with E-state index < -0.39 is 6.17 Å². The molecule has 0 spiro atoms. The van der Waals surface area contributed by atoms with Crippen molar-refractivity contribution in [1.82, 2.24) is 14.8 Å². The Kier molecular flexibility index (Phi) is 3.36. The van der Waals surface area contributed by atoms with E-state index in [1.807, 2.05) is 13.8 Å². The number of nitrogens with two attached hydrogens (primary N) is 1. The molecule has 1 rings (SSSR count). The van der Waals surface area contributed by atoms with Gasteiger partial charge in [0.1, 0.15) is 18.3 Å². The summed E-state index contributed by atoms with van der Waals surface area (Å²) >= 11 is 0. The molecular formula is C8H15FN4. The van der Waals surface area contributed by atoms with Gasteiger partial charge in [-0.15, -0.1) is 0 Å². The van der Waals surface area contributed by atoms with Crippen molar-refractivity contribution in [2.75, 3.05) is 6.54 Å². The monoisotopic (exact) mass is 186 g/mol. The van der Waals surface area contributed by atoms with Crippen molar-refractivity contribution in [2.24, 2.45) is 5.73 Å². The molecule has 0 aliphatic heterocycles. The molecule has 0 aromatic carbocycles. The Morgan fingerprint density at radius 3 is 2.85 bits per heavy atom. The van der Waals surface area contributed by atoms with Crippen LogP contribution in [0.5, 0.6) is 0 Å². The zero-order chi connectivity index (χ0) is 9.84. The topological polar surface area (TPSA) is 56.7 Å². The highest BCUT2D eigenvalue weighted by atomic mass is 19.1. The third-order valence-corrected chi connectivity index (χ3v) is 1.80. The van der Waals surface area contributed by atoms with Gasteiger partial charge in [-0.1, -0.05) is 0 Å². The maximum absolute atomic E-state index is 12.9. The van der Waals surface area contributed by atoms with Crippen LogP contribution in [0.3, 0.4) is 0 Å². The van der Waals surface area contributed by atoms with Crippen molar-refractivity contribution >= 4 is 0 Å². The number of alkyl halides is 1. The van der Waals surface area contributed by atoms with Gasteiger partial charge in [-0.05, 0) is 13.8 Å². The number of rotatable bonds is 4. The highest BCUT2D eigenvalue weighted by Crippen LogP contribution is 2.08. The van der Waals surface area contributed by atoms with Crippen LogP contribution in [-0.4, -0.2) is 27.5 Å². The van der Waals surface area contributed by atoms with E-state index in [9.17, 15) is 4.39 Å². The molecule has 1 heterocycles. The van der Waals surface area contributed by atoms with Crippen LogP contribution in [0, 0.1) is 0 Å². The van der Waals surface area contributed by atoms with Crippen LogP contribution in [0.1, 0.15) is 25.7 Å². The second-order valence-electron chi connectivity index (χ2n) is 3.25. The summed E-state index contributed by atoms with van der Waals surface area (Å²) in [5, 5.41) is 4.00. The van der Waals surface area contributed by atoms with Crippen molar-refractivity contribution in [3.8, 4) is 0 Å². The van der Waals surface area contributed by atoms with Gasteiger partial charge in [0.05, 0.1) is 0 Å². The van der Waals surface area contributed by atoms with Crippen LogP contribution in [0.15, 0.2) is 6.33 Å². The number of hydrogen-bond donors (Lipinski definition) is 1. The fraction of sp³-hybridized carbons (Fsp3) is 0.750. The quantitative estimate of drug-likeness (QED) is 0.753. The lowest BCUT2D eigenvalue weighted by atomic mass is 10.2. The average molecular weight is 186 g/mol. The Bertz CT molecular complexity index is 258. The lowest BCUT2D eigenvalue weighted by Crippen LogP contribution is -2.20. The molecule has 1 unspecified atom stereocenters. The molecule has 74 valence electrons. The first-order valence-electron chi connectivity index (χ1n) is 4.37. The van der Waals surface area contributed by atoms with Gasteiger partial charge < -0.3 is 5.73 Å². The predicted octanol–water partition coefficient (Wildman–Crippen LogP) is 0.698. The summed E-state index contributed by atoms with van der Waals surface area (Å²) in [7, 11) is 0. The fourth-order valence-electron chi connectivity index (χ4n) is 1.13. The van der Waals surface area contributed by atoms with Gasteiger partial charge in [-0.3, -0.25) is 0 Å². The SMILES string of the molecule is CC(C)n1ncnc1CC(F)CN.